The number of nitrogens with zero attached hydrogens (tertiary/aromatic N) is 1. The van der Waals surface area contributed by atoms with Gasteiger partial charge in [0.2, 0.25) is 0 Å². The molecule has 6 heteroatoms. The number of ether oxygens (including phenoxy) is 3. The molecule has 0 fully saturated rings. The van der Waals surface area contributed by atoms with E-state index in [1.165, 1.54) is 6.07 Å². The van der Waals surface area contributed by atoms with Gasteiger partial charge in [-0.2, -0.15) is 0 Å². The molecule has 0 N–H and O–H groups in total. The highest BCUT2D eigenvalue weighted by Gasteiger charge is 2.14. The molecule has 1 heterocycles. The summed E-state index contributed by atoms with van der Waals surface area (Å²) in [5.41, 5.74) is 3.18. The number of quaternary nitrogens is 1. The largest absolute Gasteiger partial charge is 0.493 e. The van der Waals surface area contributed by atoms with Crippen LogP contribution >= 0.6 is 0 Å². The van der Waals surface area contributed by atoms with Crippen molar-refractivity contribution >= 4 is 11.0 Å². The molecule has 1 aromatic heterocycles. The summed E-state index contributed by atoms with van der Waals surface area (Å²) in [6, 6.07) is 32.4. The highest BCUT2D eigenvalue weighted by molar-refractivity contribution is 5.80. The van der Waals surface area contributed by atoms with Gasteiger partial charge in [-0.05, 0) is 41.5 Å². The third kappa shape index (κ3) is 7.77. The molecule has 210 valence electrons. The molecule has 0 atom stereocenters. The Labute approximate surface area is 240 Å². The molecule has 5 aromatic rings. The summed E-state index contributed by atoms with van der Waals surface area (Å²) in [5, 5.41) is 0.510. The monoisotopic (exact) mass is 550 g/mol. The van der Waals surface area contributed by atoms with E-state index in [2.05, 4.69) is 21.1 Å². The van der Waals surface area contributed by atoms with Gasteiger partial charge in [0.05, 0.1) is 39.7 Å². The summed E-state index contributed by atoms with van der Waals surface area (Å²) in [5.74, 6) is 2.31. The Hall–Kier alpha value is -4.55. The SMILES string of the molecule is C[N+](C)(C)CCCOc1ccc2c(=O)cc(-c3ccc(OCc4ccccc4)c(OCc4ccccc4)c3)oc2c1. The second-order valence-electron chi connectivity index (χ2n) is 11.1. The quantitative estimate of drug-likeness (QED) is 0.123. The van der Waals surface area contributed by atoms with Crippen LogP contribution in [-0.2, 0) is 13.2 Å². The summed E-state index contributed by atoms with van der Waals surface area (Å²) in [7, 11) is 6.48. The van der Waals surface area contributed by atoms with Crippen molar-refractivity contribution in [3.63, 3.8) is 0 Å². The second kappa shape index (κ2) is 12.7. The van der Waals surface area contributed by atoms with Crippen molar-refractivity contribution in [2.75, 3.05) is 34.3 Å². The first-order valence-electron chi connectivity index (χ1n) is 13.8. The minimum atomic E-state index is -0.117. The van der Waals surface area contributed by atoms with Crippen molar-refractivity contribution in [3.8, 4) is 28.6 Å². The van der Waals surface area contributed by atoms with E-state index in [0.717, 1.165) is 28.6 Å². The Bertz CT molecular complexity index is 1640. The summed E-state index contributed by atoms with van der Waals surface area (Å²) in [6.45, 7) is 2.39. The van der Waals surface area contributed by atoms with E-state index in [9.17, 15) is 4.79 Å². The molecule has 0 saturated heterocycles. The highest BCUT2D eigenvalue weighted by Crippen LogP contribution is 2.35. The fourth-order valence-electron chi connectivity index (χ4n) is 4.46. The van der Waals surface area contributed by atoms with Crippen LogP contribution in [0.5, 0.6) is 17.2 Å². The number of fused-ring (bicyclic) bond motifs is 1. The molecule has 41 heavy (non-hydrogen) atoms. The van der Waals surface area contributed by atoms with Crippen molar-refractivity contribution in [2.45, 2.75) is 19.6 Å². The Morgan fingerprint density at radius 1 is 0.683 bits per heavy atom. The van der Waals surface area contributed by atoms with Crippen LogP contribution in [0.4, 0.5) is 0 Å². The van der Waals surface area contributed by atoms with Crippen molar-refractivity contribution in [2.24, 2.45) is 0 Å². The van der Waals surface area contributed by atoms with Gasteiger partial charge in [0.1, 0.15) is 30.3 Å². The predicted molar refractivity (Wildman–Crippen MR) is 162 cm³/mol. The van der Waals surface area contributed by atoms with Crippen molar-refractivity contribution < 1.29 is 23.1 Å². The van der Waals surface area contributed by atoms with E-state index in [0.29, 0.717) is 59.4 Å². The van der Waals surface area contributed by atoms with Crippen LogP contribution in [0.2, 0.25) is 0 Å². The van der Waals surface area contributed by atoms with Gasteiger partial charge in [0.15, 0.2) is 16.9 Å². The van der Waals surface area contributed by atoms with E-state index in [1.54, 1.807) is 12.1 Å². The maximum absolute atomic E-state index is 13.0. The average Bonchev–Trinajstić information content (AvgIpc) is 2.98. The topological polar surface area (TPSA) is 57.9 Å². The van der Waals surface area contributed by atoms with Crippen LogP contribution in [-0.4, -0.2) is 38.8 Å². The Morgan fingerprint density at radius 2 is 1.34 bits per heavy atom. The van der Waals surface area contributed by atoms with E-state index in [1.807, 2.05) is 84.9 Å². The minimum absolute atomic E-state index is 0.117. The van der Waals surface area contributed by atoms with Crippen LogP contribution in [0.15, 0.2) is 112 Å². The number of hydrogen-bond donors (Lipinski definition) is 0. The van der Waals surface area contributed by atoms with Crippen LogP contribution in [0, 0.1) is 0 Å². The van der Waals surface area contributed by atoms with E-state index in [-0.39, 0.29) is 5.43 Å². The lowest BCUT2D eigenvalue weighted by atomic mass is 10.1. The van der Waals surface area contributed by atoms with E-state index >= 15 is 0 Å². The van der Waals surface area contributed by atoms with Gasteiger partial charge < -0.3 is 23.1 Å². The maximum Gasteiger partial charge on any atom is 0.193 e. The molecule has 0 aliphatic heterocycles. The fourth-order valence-corrected chi connectivity index (χ4v) is 4.46. The van der Waals surface area contributed by atoms with Gasteiger partial charge in [-0.1, -0.05) is 60.7 Å². The Morgan fingerprint density at radius 3 is 2.00 bits per heavy atom. The second-order valence-corrected chi connectivity index (χ2v) is 11.1. The molecule has 0 amide bonds. The fraction of sp³-hybridized carbons (Fsp3) is 0.229. The molecule has 0 unspecified atom stereocenters. The number of hydrogen-bond acceptors (Lipinski definition) is 5. The summed E-state index contributed by atoms with van der Waals surface area (Å²) < 4.78 is 25.4. The summed E-state index contributed by atoms with van der Waals surface area (Å²) in [6.07, 6.45) is 0.927. The number of benzene rings is 4. The standard InChI is InChI=1S/C35H36NO5/c1-36(2,3)19-10-20-38-29-16-17-30-31(37)23-33(41-34(30)22-29)28-15-18-32(39-24-26-11-6-4-7-12-26)35(21-28)40-25-27-13-8-5-9-14-27/h4-9,11-18,21-23H,10,19-20,24-25H2,1-3H3/q+1. The molecule has 4 aromatic carbocycles. The molecule has 0 radical (unpaired) electrons. The zero-order valence-electron chi connectivity index (χ0n) is 23.8. The van der Waals surface area contributed by atoms with E-state index < -0.39 is 0 Å². The molecular formula is C35H36NO5+. The van der Waals surface area contributed by atoms with Gasteiger partial charge in [0, 0.05) is 24.1 Å². The summed E-state index contributed by atoms with van der Waals surface area (Å²) in [4.78, 5) is 13.0. The predicted octanol–water partition coefficient (Wildman–Crippen LogP) is 7.09. The lowest BCUT2D eigenvalue weighted by Gasteiger charge is -2.23. The zero-order valence-corrected chi connectivity index (χ0v) is 23.8. The summed E-state index contributed by atoms with van der Waals surface area (Å²) >= 11 is 0. The maximum atomic E-state index is 13.0. The van der Waals surface area contributed by atoms with Gasteiger partial charge in [0.25, 0.3) is 0 Å². The zero-order chi connectivity index (χ0) is 28.7. The number of rotatable bonds is 12. The molecule has 0 bridgehead atoms. The molecule has 5 rings (SSSR count). The van der Waals surface area contributed by atoms with Crippen LogP contribution in [0.1, 0.15) is 17.5 Å². The van der Waals surface area contributed by atoms with Crippen molar-refractivity contribution in [3.05, 3.63) is 124 Å². The van der Waals surface area contributed by atoms with Gasteiger partial charge in [-0.15, -0.1) is 0 Å². The molecular weight excluding hydrogens is 514 g/mol. The Balaban J connectivity index is 1.40. The first-order chi connectivity index (χ1) is 19.8. The van der Waals surface area contributed by atoms with Crippen LogP contribution < -0.4 is 19.6 Å². The highest BCUT2D eigenvalue weighted by atomic mass is 16.5. The molecule has 0 spiro atoms. The molecule has 0 aliphatic carbocycles. The molecule has 6 nitrogen and oxygen atoms in total. The lowest BCUT2D eigenvalue weighted by molar-refractivity contribution is -0.870. The molecule has 0 saturated carbocycles. The minimum Gasteiger partial charge on any atom is -0.493 e. The third-order valence-electron chi connectivity index (χ3n) is 6.65. The Kier molecular flexibility index (Phi) is 8.70. The van der Waals surface area contributed by atoms with Gasteiger partial charge in [-0.3, -0.25) is 4.79 Å². The first kappa shape index (κ1) is 28.0. The van der Waals surface area contributed by atoms with Gasteiger partial charge >= 0.3 is 0 Å². The average molecular weight is 551 g/mol. The van der Waals surface area contributed by atoms with Crippen molar-refractivity contribution in [1.82, 2.24) is 0 Å². The lowest BCUT2D eigenvalue weighted by Crippen LogP contribution is -2.35. The molecule has 0 aliphatic rings. The third-order valence-corrected chi connectivity index (χ3v) is 6.65. The van der Waals surface area contributed by atoms with Crippen molar-refractivity contribution in [1.29, 1.82) is 0 Å². The van der Waals surface area contributed by atoms with Crippen LogP contribution in [0.3, 0.4) is 0 Å². The van der Waals surface area contributed by atoms with Gasteiger partial charge in [-0.25, -0.2) is 0 Å². The normalized spacial score (nSPS) is 11.4. The first-order valence-corrected chi connectivity index (χ1v) is 13.8. The van der Waals surface area contributed by atoms with E-state index in [4.69, 9.17) is 18.6 Å². The van der Waals surface area contributed by atoms with Crippen LogP contribution in [0.25, 0.3) is 22.3 Å². The smallest absolute Gasteiger partial charge is 0.193 e.